The fourth-order valence-corrected chi connectivity index (χ4v) is 9.48. The Bertz CT molecular complexity index is 2260. The first-order valence-corrected chi connectivity index (χ1v) is 16.9. The Hall–Kier alpha value is -5.47. The summed E-state index contributed by atoms with van der Waals surface area (Å²) in [5.74, 6) is 1.04. The van der Waals surface area contributed by atoms with Crippen LogP contribution in [0.25, 0.3) is 5.57 Å². The molecule has 2 nitrogen and oxygen atoms in total. The van der Waals surface area contributed by atoms with Crippen molar-refractivity contribution in [3.8, 4) is 0 Å². The Morgan fingerprint density at radius 1 is 0.638 bits per heavy atom. The number of aromatic nitrogens is 1. The van der Waals surface area contributed by atoms with Gasteiger partial charge in [0, 0.05) is 11.8 Å². The zero-order valence-corrected chi connectivity index (χ0v) is 26.4. The molecule has 1 atom stereocenters. The van der Waals surface area contributed by atoms with Gasteiger partial charge in [-0.1, -0.05) is 140 Å². The number of nitrogens with zero attached hydrogens (tertiary/aromatic N) is 2. The van der Waals surface area contributed by atoms with Gasteiger partial charge in [-0.3, -0.25) is 4.90 Å². The third kappa shape index (κ3) is 3.23. The lowest BCUT2D eigenvalue weighted by Crippen LogP contribution is -2.44. The second-order valence-electron chi connectivity index (χ2n) is 13.2. The van der Waals surface area contributed by atoms with E-state index in [4.69, 9.17) is 4.98 Å². The summed E-state index contributed by atoms with van der Waals surface area (Å²) in [6.45, 7) is 2.25. The molecule has 0 fully saturated rings. The second kappa shape index (κ2) is 9.77. The van der Waals surface area contributed by atoms with Crippen molar-refractivity contribution >= 4 is 22.8 Å². The van der Waals surface area contributed by atoms with Gasteiger partial charge in [-0.25, -0.2) is 4.98 Å². The second-order valence-corrected chi connectivity index (χ2v) is 13.2. The van der Waals surface area contributed by atoms with Crippen molar-refractivity contribution in [2.45, 2.75) is 37.0 Å². The molecule has 0 radical (unpaired) electrons. The molecule has 2 aliphatic heterocycles. The molecule has 0 bridgehead atoms. The lowest BCUT2D eigenvalue weighted by Gasteiger charge is -2.52. The van der Waals surface area contributed by atoms with Gasteiger partial charge in [-0.05, 0) is 87.0 Å². The number of pyridine rings is 1. The molecule has 224 valence electrons. The number of hydrogen-bond donors (Lipinski definition) is 0. The molecule has 0 amide bonds. The number of para-hydroxylation sites is 1. The van der Waals surface area contributed by atoms with Crippen LogP contribution in [0.3, 0.4) is 0 Å². The minimum Gasteiger partial charge on any atom is -0.294 e. The lowest BCUT2D eigenvalue weighted by molar-refractivity contribution is 0.661. The average Bonchev–Trinajstić information content (AvgIpc) is 3.44. The summed E-state index contributed by atoms with van der Waals surface area (Å²) in [4.78, 5) is 7.83. The topological polar surface area (TPSA) is 16.1 Å². The maximum Gasteiger partial charge on any atom is 0.142 e. The quantitative estimate of drug-likeness (QED) is 0.200. The van der Waals surface area contributed by atoms with Gasteiger partial charge in [0.1, 0.15) is 5.82 Å². The largest absolute Gasteiger partial charge is 0.294 e. The average molecular weight is 603 g/mol. The van der Waals surface area contributed by atoms with Crippen molar-refractivity contribution in [1.82, 2.24) is 4.98 Å². The number of allylic oxidation sites excluding steroid dienone is 4. The van der Waals surface area contributed by atoms with E-state index in [0.29, 0.717) is 0 Å². The van der Waals surface area contributed by atoms with Gasteiger partial charge in [0.15, 0.2) is 0 Å². The van der Waals surface area contributed by atoms with Crippen molar-refractivity contribution in [3.05, 3.63) is 207 Å². The van der Waals surface area contributed by atoms with Gasteiger partial charge in [0.2, 0.25) is 0 Å². The number of benzene rings is 5. The third-order valence-corrected chi connectivity index (χ3v) is 11.2. The SMILES string of the molecule is CCc1ccc2c(c1)N1c3ncccc3C3(C4=C(C=CCC4)c4ccccc43)c3cccc(c31)C2(c1ccccc1)c1ccccc1. The summed E-state index contributed by atoms with van der Waals surface area (Å²) in [5, 5.41) is 0. The smallest absolute Gasteiger partial charge is 0.142 e. The molecule has 0 saturated carbocycles. The fourth-order valence-electron chi connectivity index (χ4n) is 9.48. The van der Waals surface area contributed by atoms with E-state index in [9.17, 15) is 0 Å². The number of rotatable bonds is 3. The van der Waals surface area contributed by atoms with Crippen LogP contribution in [-0.2, 0) is 17.3 Å². The minimum atomic E-state index is -0.527. The number of hydrogen-bond acceptors (Lipinski definition) is 2. The maximum absolute atomic E-state index is 5.31. The highest BCUT2D eigenvalue weighted by Crippen LogP contribution is 2.68. The van der Waals surface area contributed by atoms with Crippen LogP contribution in [0.2, 0.25) is 0 Å². The molecule has 2 heteroatoms. The van der Waals surface area contributed by atoms with E-state index in [2.05, 4.69) is 157 Å². The Labute approximate surface area is 276 Å². The molecule has 4 aliphatic rings. The molecule has 1 aromatic heterocycles. The molecule has 3 heterocycles. The van der Waals surface area contributed by atoms with Crippen molar-refractivity contribution in [1.29, 1.82) is 0 Å². The van der Waals surface area contributed by atoms with E-state index in [1.165, 1.54) is 72.6 Å². The van der Waals surface area contributed by atoms with Gasteiger partial charge in [0.25, 0.3) is 0 Å². The summed E-state index contributed by atoms with van der Waals surface area (Å²) >= 11 is 0. The molecular weight excluding hydrogens is 569 g/mol. The van der Waals surface area contributed by atoms with Crippen LogP contribution in [0, 0.1) is 0 Å². The van der Waals surface area contributed by atoms with Gasteiger partial charge >= 0.3 is 0 Å². The molecule has 47 heavy (non-hydrogen) atoms. The molecule has 1 unspecified atom stereocenters. The van der Waals surface area contributed by atoms with Crippen molar-refractivity contribution in [3.63, 3.8) is 0 Å². The van der Waals surface area contributed by atoms with Crippen molar-refractivity contribution in [2.24, 2.45) is 0 Å². The van der Waals surface area contributed by atoms with Gasteiger partial charge in [-0.15, -0.1) is 0 Å². The van der Waals surface area contributed by atoms with E-state index < -0.39 is 10.8 Å². The van der Waals surface area contributed by atoms with Crippen molar-refractivity contribution in [2.75, 3.05) is 4.90 Å². The van der Waals surface area contributed by atoms with E-state index in [1.54, 1.807) is 0 Å². The van der Waals surface area contributed by atoms with Crippen LogP contribution in [-0.4, -0.2) is 4.98 Å². The fraction of sp³-hybridized carbons (Fsp3) is 0.133. The molecule has 1 spiro atoms. The third-order valence-electron chi connectivity index (χ3n) is 11.2. The first-order valence-electron chi connectivity index (χ1n) is 16.9. The zero-order chi connectivity index (χ0) is 31.2. The van der Waals surface area contributed by atoms with E-state index in [1.807, 2.05) is 6.20 Å². The van der Waals surface area contributed by atoms with Crippen molar-refractivity contribution < 1.29 is 0 Å². The number of anilines is 3. The molecule has 0 N–H and O–H groups in total. The summed E-state index contributed by atoms with van der Waals surface area (Å²) in [6, 6.07) is 50.2. The van der Waals surface area contributed by atoms with Crippen LogP contribution in [0.5, 0.6) is 0 Å². The highest BCUT2D eigenvalue weighted by atomic mass is 15.2. The summed E-state index contributed by atoms with van der Waals surface area (Å²) in [6.07, 6.45) is 9.75. The molecule has 2 aliphatic carbocycles. The van der Waals surface area contributed by atoms with Gasteiger partial charge in [-0.2, -0.15) is 0 Å². The Morgan fingerprint density at radius 3 is 2.09 bits per heavy atom. The molecular formula is C45H34N2. The Balaban J connectivity index is 1.43. The van der Waals surface area contributed by atoms with Crippen LogP contribution >= 0.6 is 0 Å². The molecule has 10 rings (SSSR count). The predicted octanol–water partition coefficient (Wildman–Crippen LogP) is 10.6. The molecule has 5 aromatic carbocycles. The van der Waals surface area contributed by atoms with Crippen LogP contribution in [0.15, 0.2) is 157 Å². The standard InChI is InChI=1S/C45H34N2/c1-2-30-26-27-37-41(29-30)47-42-38(44(37,31-15-5-3-6-16-31)32-17-7-4-8-18-32)23-13-24-39(42)45(40-25-14-28-46-43(40)47)35-21-11-9-19-33(35)34-20-10-12-22-36(34)45/h3-11,13-21,23-29H,2,12,22H2,1H3. The first-order chi connectivity index (χ1) is 23.3. The van der Waals surface area contributed by atoms with E-state index in [0.717, 1.165) is 25.1 Å². The van der Waals surface area contributed by atoms with Gasteiger partial charge < -0.3 is 0 Å². The van der Waals surface area contributed by atoms with E-state index in [-0.39, 0.29) is 0 Å². The Kier molecular flexibility index (Phi) is 5.55. The number of fused-ring (bicyclic) bond motifs is 10. The highest BCUT2D eigenvalue weighted by molar-refractivity contribution is 6.00. The molecule has 0 saturated heterocycles. The summed E-state index contributed by atoms with van der Waals surface area (Å²) in [5.41, 5.74) is 16.2. The summed E-state index contributed by atoms with van der Waals surface area (Å²) < 4.78 is 0. The first kappa shape index (κ1) is 26.7. The maximum atomic E-state index is 5.31. The Morgan fingerprint density at radius 2 is 1.32 bits per heavy atom. The lowest BCUT2D eigenvalue weighted by atomic mass is 9.57. The monoisotopic (exact) mass is 602 g/mol. The van der Waals surface area contributed by atoms with Gasteiger partial charge in [0.05, 0.1) is 22.2 Å². The van der Waals surface area contributed by atoms with Crippen LogP contribution in [0.4, 0.5) is 17.2 Å². The predicted molar refractivity (Wildman–Crippen MR) is 192 cm³/mol. The minimum absolute atomic E-state index is 0.429. The zero-order valence-electron chi connectivity index (χ0n) is 26.4. The van der Waals surface area contributed by atoms with Crippen LogP contribution in [0.1, 0.15) is 69.8 Å². The highest BCUT2D eigenvalue weighted by Gasteiger charge is 2.57. The normalized spacial score (nSPS) is 19.1. The number of aryl methyl sites for hydroxylation is 1. The van der Waals surface area contributed by atoms with Crippen LogP contribution < -0.4 is 4.90 Å². The molecule has 6 aromatic rings. The summed E-state index contributed by atoms with van der Waals surface area (Å²) in [7, 11) is 0. The van der Waals surface area contributed by atoms with E-state index >= 15 is 0 Å².